The van der Waals surface area contributed by atoms with Gasteiger partial charge in [0.1, 0.15) is 12.4 Å². The second-order valence-corrected chi connectivity index (χ2v) is 4.57. The maximum atomic E-state index is 12.5. The van der Waals surface area contributed by atoms with E-state index in [-0.39, 0.29) is 16.4 Å². The molecule has 0 spiro atoms. The molecule has 0 aliphatic carbocycles. The summed E-state index contributed by atoms with van der Waals surface area (Å²) in [5.74, 6) is -1.39. The molecule has 0 amide bonds. The molecule has 1 aromatic rings. The van der Waals surface area contributed by atoms with Gasteiger partial charge < -0.3 is 10.0 Å². The number of hydrogen-bond donors (Lipinski definition) is 1. The van der Waals surface area contributed by atoms with Gasteiger partial charge in [-0.25, -0.2) is 9.78 Å². The van der Waals surface area contributed by atoms with Crippen LogP contribution in [0.5, 0.6) is 0 Å². The molecule has 0 fully saturated rings. The van der Waals surface area contributed by atoms with Crippen LogP contribution in [0.3, 0.4) is 0 Å². The number of aromatic nitrogens is 1. The van der Waals surface area contributed by atoms with Crippen molar-refractivity contribution in [2.75, 3.05) is 11.4 Å². The van der Waals surface area contributed by atoms with E-state index in [9.17, 15) is 18.0 Å². The summed E-state index contributed by atoms with van der Waals surface area (Å²) in [5.41, 5.74) is -0.278. The van der Waals surface area contributed by atoms with E-state index >= 15 is 0 Å². The first kappa shape index (κ1) is 15.6. The van der Waals surface area contributed by atoms with E-state index < -0.39 is 24.7 Å². The molecule has 0 aliphatic heterocycles. The molecule has 1 N–H and O–H groups in total. The second-order valence-electron chi connectivity index (χ2n) is 4.16. The average Bonchev–Trinajstić information content (AvgIpc) is 2.25. The first-order chi connectivity index (χ1) is 8.61. The predicted molar refractivity (Wildman–Crippen MR) is 64.7 cm³/mol. The summed E-state index contributed by atoms with van der Waals surface area (Å²) in [6.07, 6.45) is -3.37. The number of carboxylic acid groups (broad SMARTS) is 1. The fourth-order valence-electron chi connectivity index (χ4n) is 1.47. The smallest absolute Gasteiger partial charge is 0.405 e. The first-order valence-corrected chi connectivity index (χ1v) is 5.72. The number of carbonyl (C=O) groups is 1. The van der Waals surface area contributed by atoms with Crippen LogP contribution in [-0.4, -0.2) is 34.8 Å². The summed E-state index contributed by atoms with van der Waals surface area (Å²) in [4.78, 5) is 15.6. The number of anilines is 1. The molecular weight excluding hydrogens is 285 g/mol. The van der Waals surface area contributed by atoms with Crippen molar-refractivity contribution in [1.82, 2.24) is 4.98 Å². The van der Waals surface area contributed by atoms with Gasteiger partial charge in [-0.05, 0) is 19.9 Å². The van der Waals surface area contributed by atoms with Gasteiger partial charge in [-0.15, -0.1) is 0 Å². The number of aromatic carboxylic acids is 1. The number of halogens is 4. The molecule has 0 radical (unpaired) electrons. The third-order valence-corrected chi connectivity index (χ3v) is 2.64. The van der Waals surface area contributed by atoms with Crippen molar-refractivity contribution >= 4 is 23.4 Å². The standard InChI is InChI=1S/C11H12ClF3N2O2/c1-6(2)17(5-11(13,14)15)9-3-7(10(18)19)8(12)4-16-9/h3-4,6H,5H2,1-2H3,(H,18,19). The Labute approximate surface area is 112 Å². The second kappa shape index (κ2) is 5.64. The molecule has 19 heavy (non-hydrogen) atoms. The quantitative estimate of drug-likeness (QED) is 0.927. The van der Waals surface area contributed by atoms with Crippen LogP contribution < -0.4 is 4.90 Å². The highest BCUT2D eigenvalue weighted by molar-refractivity contribution is 6.33. The van der Waals surface area contributed by atoms with Gasteiger partial charge in [0, 0.05) is 12.2 Å². The maximum absolute atomic E-state index is 12.5. The normalized spacial score (nSPS) is 11.7. The van der Waals surface area contributed by atoms with Crippen molar-refractivity contribution in [3.05, 3.63) is 22.8 Å². The summed E-state index contributed by atoms with van der Waals surface area (Å²) in [6.45, 7) is 1.91. The summed E-state index contributed by atoms with van der Waals surface area (Å²) < 4.78 is 37.4. The Morgan fingerprint density at radius 1 is 1.53 bits per heavy atom. The monoisotopic (exact) mass is 296 g/mol. The Morgan fingerprint density at radius 3 is 2.53 bits per heavy atom. The van der Waals surface area contributed by atoms with Gasteiger partial charge in [-0.1, -0.05) is 11.6 Å². The van der Waals surface area contributed by atoms with Gasteiger partial charge >= 0.3 is 12.1 Å². The molecule has 4 nitrogen and oxygen atoms in total. The van der Waals surface area contributed by atoms with Crippen molar-refractivity contribution in [1.29, 1.82) is 0 Å². The Hall–Kier alpha value is -1.50. The fourth-order valence-corrected chi connectivity index (χ4v) is 1.65. The lowest BCUT2D eigenvalue weighted by molar-refractivity contribution is -0.120. The molecule has 1 rings (SSSR count). The van der Waals surface area contributed by atoms with Gasteiger partial charge in [0.2, 0.25) is 0 Å². The molecule has 0 bridgehead atoms. The van der Waals surface area contributed by atoms with Crippen LogP contribution in [0.1, 0.15) is 24.2 Å². The molecule has 0 unspecified atom stereocenters. The lowest BCUT2D eigenvalue weighted by atomic mass is 10.2. The number of carboxylic acids is 1. The summed E-state index contributed by atoms with van der Waals surface area (Å²) in [7, 11) is 0. The third kappa shape index (κ3) is 4.27. The zero-order chi connectivity index (χ0) is 14.8. The first-order valence-electron chi connectivity index (χ1n) is 5.34. The highest BCUT2D eigenvalue weighted by Crippen LogP contribution is 2.25. The van der Waals surface area contributed by atoms with Gasteiger partial charge in [0.05, 0.1) is 10.6 Å². The Bertz CT molecular complexity index is 477. The molecule has 0 atom stereocenters. The topological polar surface area (TPSA) is 53.4 Å². The Morgan fingerprint density at radius 2 is 2.11 bits per heavy atom. The lowest BCUT2D eigenvalue weighted by Gasteiger charge is -2.29. The van der Waals surface area contributed by atoms with E-state index in [1.165, 1.54) is 0 Å². The minimum Gasteiger partial charge on any atom is -0.478 e. The number of alkyl halides is 3. The molecule has 0 saturated carbocycles. The van der Waals surface area contributed by atoms with Crippen LogP contribution in [0.15, 0.2) is 12.3 Å². The SMILES string of the molecule is CC(C)N(CC(F)(F)F)c1cc(C(=O)O)c(Cl)cn1. The zero-order valence-corrected chi connectivity index (χ0v) is 11.0. The van der Waals surface area contributed by atoms with E-state index in [1.54, 1.807) is 13.8 Å². The molecule has 1 heterocycles. The van der Waals surface area contributed by atoms with E-state index in [0.717, 1.165) is 17.2 Å². The highest BCUT2D eigenvalue weighted by atomic mass is 35.5. The number of pyridine rings is 1. The number of hydrogen-bond acceptors (Lipinski definition) is 3. The van der Waals surface area contributed by atoms with E-state index in [2.05, 4.69) is 4.98 Å². The van der Waals surface area contributed by atoms with Crippen molar-refractivity contribution in [2.24, 2.45) is 0 Å². The van der Waals surface area contributed by atoms with Crippen LogP contribution in [0, 0.1) is 0 Å². The molecule has 8 heteroatoms. The maximum Gasteiger partial charge on any atom is 0.405 e. The Balaban J connectivity index is 3.17. The highest BCUT2D eigenvalue weighted by Gasteiger charge is 2.32. The van der Waals surface area contributed by atoms with Crippen LogP contribution in [0.25, 0.3) is 0 Å². The zero-order valence-electron chi connectivity index (χ0n) is 10.2. The van der Waals surface area contributed by atoms with Crippen LogP contribution in [0.4, 0.5) is 19.0 Å². The average molecular weight is 297 g/mol. The molecular formula is C11H12ClF3N2O2. The van der Waals surface area contributed by atoms with Gasteiger partial charge in [-0.3, -0.25) is 0 Å². The van der Waals surface area contributed by atoms with Crippen molar-refractivity contribution in [3.8, 4) is 0 Å². The number of nitrogens with zero attached hydrogens (tertiary/aromatic N) is 2. The fraction of sp³-hybridized carbons (Fsp3) is 0.455. The molecule has 0 aromatic carbocycles. The van der Waals surface area contributed by atoms with Gasteiger partial charge in [0.15, 0.2) is 0 Å². The number of rotatable bonds is 4. The Kier molecular flexibility index (Phi) is 4.62. The summed E-state index contributed by atoms with van der Waals surface area (Å²) in [6, 6.07) is 0.549. The molecule has 1 aromatic heterocycles. The van der Waals surface area contributed by atoms with Gasteiger partial charge in [0.25, 0.3) is 0 Å². The van der Waals surface area contributed by atoms with Crippen molar-refractivity contribution in [3.63, 3.8) is 0 Å². The lowest BCUT2D eigenvalue weighted by Crippen LogP contribution is -2.39. The minimum absolute atomic E-state index is 0.0749. The molecule has 0 saturated heterocycles. The van der Waals surface area contributed by atoms with Crippen LogP contribution in [-0.2, 0) is 0 Å². The van der Waals surface area contributed by atoms with E-state index in [4.69, 9.17) is 16.7 Å². The van der Waals surface area contributed by atoms with Crippen LogP contribution in [0.2, 0.25) is 5.02 Å². The van der Waals surface area contributed by atoms with Crippen LogP contribution >= 0.6 is 11.6 Å². The van der Waals surface area contributed by atoms with Crippen molar-refractivity contribution < 1.29 is 23.1 Å². The summed E-state index contributed by atoms with van der Waals surface area (Å²) in [5, 5.41) is 8.77. The molecule has 106 valence electrons. The predicted octanol–water partition coefficient (Wildman–Crippen LogP) is 3.21. The van der Waals surface area contributed by atoms with E-state index in [0.29, 0.717) is 0 Å². The molecule has 0 aliphatic rings. The van der Waals surface area contributed by atoms with Crippen molar-refractivity contribution in [2.45, 2.75) is 26.1 Å². The van der Waals surface area contributed by atoms with Gasteiger partial charge in [-0.2, -0.15) is 13.2 Å². The third-order valence-electron chi connectivity index (χ3n) is 2.34. The minimum atomic E-state index is -4.41. The van der Waals surface area contributed by atoms with E-state index in [1.807, 2.05) is 0 Å². The largest absolute Gasteiger partial charge is 0.478 e. The summed E-state index contributed by atoms with van der Waals surface area (Å²) >= 11 is 5.62.